The van der Waals surface area contributed by atoms with Gasteiger partial charge >= 0.3 is 0 Å². The Labute approximate surface area is 179 Å². The monoisotopic (exact) mass is 412 g/mol. The number of methoxy groups -OCH3 is 1. The Morgan fingerprint density at radius 3 is 2.87 bits per heavy atom. The summed E-state index contributed by atoms with van der Waals surface area (Å²) in [5, 5.41) is 0. The molecule has 1 aromatic carbocycles. The van der Waals surface area contributed by atoms with E-state index in [4.69, 9.17) is 14.2 Å². The van der Waals surface area contributed by atoms with Crippen molar-refractivity contribution in [1.29, 1.82) is 0 Å². The summed E-state index contributed by atoms with van der Waals surface area (Å²) in [4.78, 5) is 13.0. The highest BCUT2D eigenvalue weighted by Gasteiger charge is 2.42. The molecule has 30 heavy (non-hydrogen) atoms. The average Bonchev–Trinajstić information content (AvgIpc) is 3.16. The predicted molar refractivity (Wildman–Crippen MR) is 117 cm³/mol. The van der Waals surface area contributed by atoms with E-state index in [1.807, 2.05) is 6.08 Å². The van der Waals surface area contributed by atoms with Crippen LogP contribution >= 0.6 is 0 Å². The molecule has 0 aromatic heterocycles. The van der Waals surface area contributed by atoms with Gasteiger partial charge in [0.25, 0.3) is 0 Å². The first-order chi connectivity index (χ1) is 14.3. The van der Waals surface area contributed by atoms with Crippen molar-refractivity contribution in [1.82, 2.24) is 0 Å². The lowest BCUT2D eigenvalue weighted by atomic mass is 9.80. The standard InChI is InChI=1S/C25H34NO4/c1-16-6-7-18(17(2)12-16)8-9-20(27)14-21-23-19(10-11-26(21,3)4)13-22-24(25(23)28-5)30-15-29-22/h6,8-9,13,17-18,21H,7,10-12,14-15H2,1-5H3/q+1/b9-8+/t17-,18+,21+/m0/s1. The Morgan fingerprint density at radius 1 is 1.33 bits per heavy atom. The van der Waals surface area contributed by atoms with E-state index < -0.39 is 0 Å². The number of fused-ring (bicyclic) bond motifs is 2. The van der Waals surface area contributed by atoms with Crippen molar-refractivity contribution in [3.63, 3.8) is 0 Å². The zero-order chi connectivity index (χ0) is 21.5. The van der Waals surface area contributed by atoms with Gasteiger partial charge in [-0.05, 0) is 49.3 Å². The normalized spacial score (nSPS) is 27.0. The van der Waals surface area contributed by atoms with Gasteiger partial charge in [0.2, 0.25) is 12.5 Å². The van der Waals surface area contributed by atoms with Crippen LogP contribution in [0.15, 0.2) is 29.9 Å². The molecule has 0 saturated carbocycles. The average molecular weight is 413 g/mol. The summed E-state index contributed by atoms with van der Waals surface area (Å²) in [6.45, 7) is 5.66. The Hall–Kier alpha value is -2.27. The second-order valence-corrected chi connectivity index (χ2v) is 9.65. The number of hydrogen-bond donors (Lipinski definition) is 0. The summed E-state index contributed by atoms with van der Waals surface area (Å²) < 4.78 is 17.8. The van der Waals surface area contributed by atoms with Crippen LogP contribution in [0.4, 0.5) is 0 Å². The molecule has 4 rings (SSSR count). The van der Waals surface area contributed by atoms with Gasteiger partial charge in [0.05, 0.1) is 39.7 Å². The van der Waals surface area contributed by atoms with Gasteiger partial charge in [0.1, 0.15) is 6.04 Å². The summed E-state index contributed by atoms with van der Waals surface area (Å²) in [7, 11) is 6.07. The van der Waals surface area contributed by atoms with Crippen LogP contribution in [-0.2, 0) is 11.2 Å². The quantitative estimate of drug-likeness (QED) is 0.403. The van der Waals surface area contributed by atoms with Gasteiger partial charge in [0.15, 0.2) is 17.3 Å². The molecule has 1 aliphatic carbocycles. The number of ketones is 1. The number of hydrogen-bond acceptors (Lipinski definition) is 4. The molecule has 0 bridgehead atoms. The second-order valence-electron chi connectivity index (χ2n) is 9.65. The minimum atomic E-state index is 0.0290. The highest BCUT2D eigenvalue weighted by atomic mass is 16.7. The maximum absolute atomic E-state index is 13.0. The van der Waals surface area contributed by atoms with Crippen LogP contribution in [0.1, 0.15) is 50.3 Å². The van der Waals surface area contributed by atoms with Crippen molar-refractivity contribution < 1.29 is 23.5 Å². The Balaban J connectivity index is 1.60. The maximum atomic E-state index is 13.0. The van der Waals surface area contributed by atoms with Gasteiger partial charge in [-0.25, -0.2) is 0 Å². The molecule has 0 spiro atoms. The number of carbonyl (C=O) groups is 1. The van der Waals surface area contributed by atoms with Gasteiger partial charge in [-0.3, -0.25) is 4.79 Å². The van der Waals surface area contributed by atoms with E-state index in [9.17, 15) is 4.79 Å². The van der Waals surface area contributed by atoms with E-state index in [1.54, 1.807) is 7.11 Å². The number of benzene rings is 1. The molecule has 2 heterocycles. The molecule has 0 N–H and O–H groups in total. The fourth-order valence-corrected chi connectivity index (χ4v) is 5.19. The van der Waals surface area contributed by atoms with Gasteiger partial charge < -0.3 is 18.7 Å². The van der Waals surface area contributed by atoms with Gasteiger partial charge in [-0.2, -0.15) is 0 Å². The van der Waals surface area contributed by atoms with E-state index in [2.05, 4.69) is 46.2 Å². The first-order valence-corrected chi connectivity index (χ1v) is 11.0. The topological polar surface area (TPSA) is 44.8 Å². The van der Waals surface area contributed by atoms with Gasteiger partial charge in [-0.15, -0.1) is 0 Å². The largest absolute Gasteiger partial charge is 0.492 e. The van der Waals surface area contributed by atoms with Gasteiger partial charge in [-0.1, -0.05) is 24.6 Å². The fraction of sp³-hybridized carbons (Fsp3) is 0.560. The van der Waals surface area contributed by atoms with Crippen molar-refractivity contribution in [3.8, 4) is 17.2 Å². The second kappa shape index (κ2) is 8.10. The van der Waals surface area contributed by atoms with Crippen LogP contribution in [0.5, 0.6) is 17.2 Å². The number of nitrogens with zero attached hydrogens (tertiary/aromatic N) is 1. The van der Waals surface area contributed by atoms with E-state index >= 15 is 0 Å². The summed E-state index contributed by atoms with van der Waals surface area (Å²) in [5.74, 6) is 3.36. The van der Waals surface area contributed by atoms with E-state index in [0.29, 0.717) is 24.0 Å². The third-order valence-corrected chi connectivity index (χ3v) is 7.12. The molecule has 3 atom stereocenters. The van der Waals surface area contributed by atoms with Crippen molar-refractivity contribution in [2.24, 2.45) is 11.8 Å². The van der Waals surface area contributed by atoms with Crippen LogP contribution in [0.2, 0.25) is 0 Å². The van der Waals surface area contributed by atoms with Crippen LogP contribution in [0.3, 0.4) is 0 Å². The number of ether oxygens (including phenoxy) is 3. The number of rotatable bonds is 5. The third-order valence-electron chi connectivity index (χ3n) is 7.12. The van der Waals surface area contributed by atoms with Gasteiger partial charge in [0, 0.05) is 6.42 Å². The van der Waals surface area contributed by atoms with Crippen LogP contribution in [0.25, 0.3) is 0 Å². The van der Waals surface area contributed by atoms with Crippen LogP contribution in [-0.4, -0.2) is 44.8 Å². The minimum Gasteiger partial charge on any atom is -0.492 e. The lowest BCUT2D eigenvalue weighted by Crippen LogP contribution is -2.48. The Morgan fingerprint density at radius 2 is 2.13 bits per heavy atom. The highest BCUT2D eigenvalue weighted by molar-refractivity contribution is 5.90. The van der Waals surface area contributed by atoms with Crippen molar-refractivity contribution in [2.45, 2.75) is 45.6 Å². The zero-order valence-corrected chi connectivity index (χ0v) is 18.9. The first-order valence-electron chi connectivity index (χ1n) is 11.0. The zero-order valence-electron chi connectivity index (χ0n) is 18.9. The molecular formula is C25H34NO4+. The molecule has 162 valence electrons. The molecule has 0 amide bonds. The lowest BCUT2D eigenvalue weighted by Gasteiger charge is -2.43. The number of likely N-dealkylation sites (N-methyl/N-ethyl adjacent to an activating group) is 1. The van der Waals surface area contributed by atoms with E-state index in [1.165, 1.54) is 11.1 Å². The SMILES string of the molecule is COc1c2c(cc3c1[C@@H](CC(=O)/C=C/[C@H]1CC=C(C)C[C@@H]1C)[N+](C)(C)CC3)OCO2. The van der Waals surface area contributed by atoms with Crippen LogP contribution in [0, 0.1) is 11.8 Å². The lowest BCUT2D eigenvalue weighted by molar-refractivity contribution is -0.922. The molecule has 0 unspecified atom stereocenters. The van der Waals surface area contributed by atoms with Crippen molar-refractivity contribution in [2.75, 3.05) is 34.5 Å². The molecular weight excluding hydrogens is 378 g/mol. The smallest absolute Gasteiger partial charge is 0.231 e. The summed E-state index contributed by atoms with van der Waals surface area (Å²) in [5.41, 5.74) is 3.77. The number of carbonyl (C=O) groups excluding carboxylic acids is 1. The molecule has 0 fully saturated rings. The first kappa shape index (κ1) is 21.0. The van der Waals surface area contributed by atoms with Crippen molar-refractivity contribution >= 4 is 5.78 Å². The molecule has 2 aliphatic heterocycles. The Kier molecular flexibility index (Phi) is 5.67. The number of allylic oxidation sites excluding steroid dienone is 4. The third kappa shape index (κ3) is 3.87. The molecule has 0 saturated heterocycles. The minimum absolute atomic E-state index is 0.0290. The highest BCUT2D eigenvalue weighted by Crippen LogP contribution is 2.51. The number of quaternary nitrogens is 1. The van der Waals surface area contributed by atoms with Crippen molar-refractivity contribution in [3.05, 3.63) is 41.0 Å². The summed E-state index contributed by atoms with van der Waals surface area (Å²) >= 11 is 0. The van der Waals surface area contributed by atoms with E-state index in [-0.39, 0.29) is 18.6 Å². The molecule has 1 aromatic rings. The van der Waals surface area contributed by atoms with E-state index in [0.717, 1.165) is 47.4 Å². The molecule has 0 radical (unpaired) electrons. The molecule has 5 heteroatoms. The maximum Gasteiger partial charge on any atom is 0.231 e. The Bertz CT molecular complexity index is 899. The fourth-order valence-electron chi connectivity index (χ4n) is 5.19. The molecule has 5 nitrogen and oxygen atoms in total. The van der Waals surface area contributed by atoms with Crippen LogP contribution < -0.4 is 14.2 Å². The summed E-state index contributed by atoms with van der Waals surface area (Å²) in [6, 6.07) is 2.10. The molecule has 3 aliphatic rings. The summed E-state index contributed by atoms with van der Waals surface area (Å²) in [6.07, 6.45) is 9.81. The predicted octanol–water partition coefficient (Wildman–Crippen LogP) is 4.61.